The van der Waals surface area contributed by atoms with Gasteiger partial charge in [0, 0.05) is 24.2 Å². The number of carbonyl (C=O) groups excluding carboxylic acids is 1. The topological polar surface area (TPSA) is 81.4 Å². The summed E-state index contributed by atoms with van der Waals surface area (Å²) in [6.45, 7) is 0.913. The highest BCUT2D eigenvalue weighted by Gasteiger charge is 2.06. The Bertz CT molecular complexity index is 879. The molecule has 0 radical (unpaired) electrons. The van der Waals surface area contributed by atoms with Gasteiger partial charge in [0.25, 0.3) is 5.91 Å². The number of rotatable bonds is 6. The van der Waals surface area contributed by atoms with Crippen molar-refractivity contribution in [2.45, 2.75) is 6.42 Å². The molecule has 6 heteroatoms. The van der Waals surface area contributed by atoms with Crippen molar-refractivity contribution in [3.05, 3.63) is 70.9 Å². The van der Waals surface area contributed by atoms with E-state index in [4.69, 9.17) is 4.74 Å². The minimum absolute atomic E-state index is 0.287. The molecule has 3 aromatic rings. The molecule has 0 unspecified atom stereocenters. The number of carbonyl (C=O) groups is 1. The van der Waals surface area contributed by atoms with Gasteiger partial charge >= 0.3 is 5.63 Å². The van der Waals surface area contributed by atoms with E-state index in [0.29, 0.717) is 25.1 Å². The van der Waals surface area contributed by atoms with E-state index in [1.807, 2.05) is 30.3 Å². The lowest BCUT2D eigenvalue weighted by atomic mass is 10.2. The molecule has 6 nitrogen and oxygen atoms in total. The molecule has 0 saturated heterocycles. The summed E-state index contributed by atoms with van der Waals surface area (Å²) in [6, 6.07) is 12.3. The molecule has 0 aliphatic rings. The maximum absolute atomic E-state index is 11.8. The molecule has 24 heavy (non-hydrogen) atoms. The standard InChI is InChI=1S/C18H16N2O4/c21-16-8-7-14(12-24-16)18(22)20-10-3-11-23-15-6-1-4-13-5-2-9-19-17(13)15/h1-2,4-9,12H,3,10-11H2,(H,20,22). The van der Waals surface area contributed by atoms with E-state index in [1.54, 1.807) is 6.20 Å². The first-order valence-electron chi connectivity index (χ1n) is 7.57. The molecule has 0 saturated carbocycles. The fourth-order valence-corrected chi connectivity index (χ4v) is 2.24. The maximum atomic E-state index is 11.8. The van der Waals surface area contributed by atoms with Crippen molar-refractivity contribution in [2.75, 3.05) is 13.2 Å². The Morgan fingerprint density at radius 3 is 2.88 bits per heavy atom. The minimum atomic E-state index is -0.483. The summed E-state index contributed by atoms with van der Waals surface area (Å²) in [6.07, 6.45) is 3.52. The number of nitrogens with one attached hydrogen (secondary N) is 1. The molecule has 0 aliphatic carbocycles. The molecule has 0 fully saturated rings. The van der Waals surface area contributed by atoms with E-state index in [9.17, 15) is 9.59 Å². The van der Waals surface area contributed by atoms with Crippen LogP contribution in [0.5, 0.6) is 5.75 Å². The number of para-hydroxylation sites is 1. The molecule has 0 atom stereocenters. The molecule has 3 rings (SSSR count). The van der Waals surface area contributed by atoms with Crippen molar-refractivity contribution in [1.29, 1.82) is 0 Å². The maximum Gasteiger partial charge on any atom is 0.335 e. The van der Waals surface area contributed by atoms with Gasteiger partial charge in [0.05, 0.1) is 12.2 Å². The van der Waals surface area contributed by atoms with Crippen LogP contribution in [0.2, 0.25) is 0 Å². The van der Waals surface area contributed by atoms with E-state index >= 15 is 0 Å². The lowest BCUT2D eigenvalue weighted by Gasteiger charge is -2.09. The van der Waals surface area contributed by atoms with Crippen LogP contribution < -0.4 is 15.7 Å². The third-order valence-corrected chi connectivity index (χ3v) is 3.42. The summed E-state index contributed by atoms with van der Waals surface area (Å²) in [5.74, 6) is 0.440. The van der Waals surface area contributed by atoms with E-state index in [0.717, 1.165) is 22.9 Å². The van der Waals surface area contributed by atoms with Crippen LogP contribution in [0.3, 0.4) is 0 Å². The van der Waals surface area contributed by atoms with Gasteiger partial charge in [-0.3, -0.25) is 9.78 Å². The number of hydrogen-bond acceptors (Lipinski definition) is 5. The van der Waals surface area contributed by atoms with Crippen LogP contribution in [0.1, 0.15) is 16.8 Å². The van der Waals surface area contributed by atoms with Gasteiger partial charge in [-0.25, -0.2) is 4.79 Å². The van der Waals surface area contributed by atoms with Gasteiger partial charge in [-0.1, -0.05) is 18.2 Å². The largest absolute Gasteiger partial charge is 0.491 e. The van der Waals surface area contributed by atoms with Crippen LogP contribution >= 0.6 is 0 Å². The molecule has 0 aliphatic heterocycles. The quantitative estimate of drug-likeness (QED) is 0.704. The Hall–Kier alpha value is -3.15. The number of pyridine rings is 1. The Balaban J connectivity index is 1.48. The number of hydrogen-bond donors (Lipinski definition) is 1. The summed E-state index contributed by atoms with van der Waals surface area (Å²) in [4.78, 5) is 27.0. The SMILES string of the molecule is O=C(NCCCOc1cccc2cccnc12)c1ccc(=O)oc1. The van der Waals surface area contributed by atoms with E-state index in [2.05, 4.69) is 14.7 Å². The second kappa shape index (κ2) is 7.41. The normalized spacial score (nSPS) is 10.5. The fourth-order valence-electron chi connectivity index (χ4n) is 2.24. The highest BCUT2D eigenvalue weighted by atomic mass is 16.5. The molecular weight excluding hydrogens is 308 g/mol. The molecule has 122 valence electrons. The zero-order chi connectivity index (χ0) is 16.8. The highest BCUT2D eigenvalue weighted by Crippen LogP contribution is 2.22. The first-order chi connectivity index (χ1) is 11.7. The second-order valence-corrected chi connectivity index (χ2v) is 5.13. The number of fused-ring (bicyclic) bond motifs is 1. The van der Waals surface area contributed by atoms with E-state index in [1.165, 1.54) is 12.1 Å². The summed E-state index contributed by atoms with van der Waals surface area (Å²) >= 11 is 0. The number of aromatic nitrogens is 1. The molecule has 0 spiro atoms. The van der Waals surface area contributed by atoms with Crippen LogP contribution in [0.25, 0.3) is 10.9 Å². The zero-order valence-electron chi connectivity index (χ0n) is 12.9. The Morgan fingerprint density at radius 2 is 2.04 bits per heavy atom. The van der Waals surface area contributed by atoms with Crippen molar-refractivity contribution < 1.29 is 13.9 Å². The molecular formula is C18H16N2O4. The van der Waals surface area contributed by atoms with Gasteiger partial charge in [-0.05, 0) is 24.6 Å². The third kappa shape index (κ3) is 3.78. The Labute approximate surface area is 138 Å². The first kappa shape index (κ1) is 15.7. The van der Waals surface area contributed by atoms with Crippen LogP contribution in [0.4, 0.5) is 0 Å². The highest BCUT2D eigenvalue weighted by molar-refractivity contribution is 5.93. The zero-order valence-corrected chi connectivity index (χ0v) is 12.9. The van der Waals surface area contributed by atoms with Gasteiger partial charge in [-0.2, -0.15) is 0 Å². The van der Waals surface area contributed by atoms with E-state index < -0.39 is 5.63 Å². The lowest BCUT2D eigenvalue weighted by Crippen LogP contribution is -2.25. The second-order valence-electron chi connectivity index (χ2n) is 5.13. The number of ether oxygens (including phenoxy) is 1. The molecule has 2 heterocycles. The van der Waals surface area contributed by atoms with Crippen molar-refractivity contribution in [3.63, 3.8) is 0 Å². The molecule has 2 aromatic heterocycles. The Morgan fingerprint density at radius 1 is 1.17 bits per heavy atom. The average molecular weight is 324 g/mol. The van der Waals surface area contributed by atoms with Gasteiger partial charge in [0.15, 0.2) is 0 Å². The smallest absolute Gasteiger partial charge is 0.335 e. The predicted octanol–water partition coefficient (Wildman–Crippen LogP) is 2.39. The van der Waals surface area contributed by atoms with Crippen molar-refractivity contribution >= 4 is 16.8 Å². The van der Waals surface area contributed by atoms with Crippen LogP contribution in [0, 0.1) is 0 Å². The summed E-state index contributed by atoms with van der Waals surface area (Å²) in [5, 5.41) is 3.77. The molecule has 1 aromatic carbocycles. The number of benzene rings is 1. The van der Waals surface area contributed by atoms with Crippen LogP contribution in [-0.4, -0.2) is 24.0 Å². The summed E-state index contributed by atoms with van der Waals surface area (Å²) in [7, 11) is 0. The number of amides is 1. The van der Waals surface area contributed by atoms with E-state index in [-0.39, 0.29) is 5.91 Å². The Kier molecular flexibility index (Phi) is 4.86. The predicted molar refractivity (Wildman–Crippen MR) is 89.2 cm³/mol. The molecule has 1 amide bonds. The van der Waals surface area contributed by atoms with Crippen molar-refractivity contribution in [1.82, 2.24) is 10.3 Å². The minimum Gasteiger partial charge on any atom is -0.491 e. The summed E-state index contributed by atoms with van der Waals surface area (Å²) in [5.41, 5.74) is 0.653. The molecule has 1 N–H and O–H groups in total. The monoisotopic (exact) mass is 324 g/mol. The van der Waals surface area contributed by atoms with Gasteiger partial charge < -0.3 is 14.5 Å². The summed E-state index contributed by atoms with van der Waals surface area (Å²) < 4.78 is 10.4. The lowest BCUT2D eigenvalue weighted by molar-refractivity contribution is 0.0949. The average Bonchev–Trinajstić information content (AvgIpc) is 2.62. The van der Waals surface area contributed by atoms with Crippen LogP contribution in [-0.2, 0) is 0 Å². The van der Waals surface area contributed by atoms with Crippen molar-refractivity contribution in [2.24, 2.45) is 0 Å². The molecule has 0 bridgehead atoms. The fraction of sp³-hybridized carbons (Fsp3) is 0.167. The van der Waals surface area contributed by atoms with Gasteiger partial charge in [-0.15, -0.1) is 0 Å². The van der Waals surface area contributed by atoms with Gasteiger partial charge in [0.1, 0.15) is 17.5 Å². The van der Waals surface area contributed by atoms with Crippen molar-refractivity contribution in [3.8, 4) is 5.75 Å². The van der Waals surface area contributed by atoms with Gasteiger partial charge in [0.2, 0.25) is 0 Å². The van der Waals surface area contributed by atoms with Crippen LogP contribution in [0.15, 0.2) is 64.1 Å². The third-order valence-electron chi connectivity index (χ3n) is 3.42. The first-order valence-corrected chi connectivity index (χ1v) is 7.57. The number of nitrogens with zero attached hydrogens (tertiary/aromatic N) is 1.